The topological polar surface area (TPSA) is 57.8 Å². The maximum atomic E-state index is 12.0. The molecular weight excluding hydrogens is 394 g/mol. The van der Waals surface area contributed by atoms with E-state index in [-0.39, 0.29) is 5.91 Å². The fourth-order valence-electron chi connectivity index (χ4n) is 3.33. The number of H-pyrrole nitrogens is 1. The summed E-state index contributed by atoms with van der Waals surface area (Å²) in [5, 5.41) is 11.0. The maximum Gasteiger partial charge on any atom is 0.220 e. The number of nitrogens with one attached hydrogen (secondary N) is 2. The molecule has 1 amide bonds. The standard InChI is InChI=1S/C28H39N3O/c1-2-3-4-5-6-7-8-9-10-11-12-13-14-15-16-17-18-19-28(32)29-23-25-20-21-27-26(22-25)24-30-31-27/h6-7,9-10,12-13,15-16,20-22,24H,2-5,8,11,14,17-19,23H2,1H3,(H,29,32)(H,30,31)/b7-6-,10-9-,13-12-,16-15-. The molecule has 32 heavy (non-hydrogen) atoms. The number of amides is 1. The molecule has 172 valence electrons. The van der Waals surface area contributed by atoms with Crippen molar-refractivity contribution >= 4 is 16.8 Å². The Kier molecular flexibility index (Phi) is 13.3. The summed E-state index contributed by atoms with van der Waals surface area (Å²) in [5.74, 6) is 0.105. The van der Waals surface area contributed by atoms with Crippen molar-refractivity contribution in [2.45, 2.75) is 77.7 Å². The summed E-state index contributed by atoms with van der Waals surface area (Å²) in [7, 11) is 0. The average Bonchev–Trinajstić information content (AvgIpc) is 3.27. The van der Waals surface area contributed by atoms with Gasteiger partial charge in [-0.3, -0.25) is 9.89 Å². The van der Waals surface area contributed by atoms with E-state index < -0.39 is 0 Å². The van der Waals surface area contributed by atoms with E-state index in [0.29, 0.717) is 13.0 Å². The number of rotatable bonds is 16. The van der Waals surface area contributed by atoms with E-state index in [1.54, 1.807) is 6.20 Å². The lowest BCUT2D eigenvalue weighted by Gasteiger charge is -2.05. The minimum atomic E-state index is 0.105. The summed E-state index contributed by atoms with van der Waals surface area (Å²) in [6.07, 6.45) is 30.1. The zero-order valence-corrected chi connectivity index (χ0v) is 19.6. The highest BCUT2D eigenvalue weighted by atomic mass is 16.1. The number of hydrogen-bond acceptors (Lipinski definition) is 2. The van der Waals surface area contributed by atoms with Crippen LogP contribution in [0.1, 0.15) is 76.7 Å². The lowest BCUT2D eigenvalue weighted by molar-refractivity contribution is -0.121. The van der Waals surface area contributed by atoms with Crippen LogP contribution in [-0.4, -0.2) is 16.1 Å². The number of benzene rings is 1. The van der Waals surface area contributed by atoms with Crippen LogP contribution in [-0.2, 0) is 11.3 Å². The van der Waals surface area contributed by atoms with Crippen molar-refractivity contribution in [3.63, 3.8) is 0 Å². The Balaban J connectivity index is 1.44. The number of aromatic amines is 1. The summed E-state index contributed by atoms with van der Waals surface area (Å²) in [6, 6.07) is 6.06. The second kappa shape index (κ2) is 16.8. The van der Waals surface area contributed by atoms with Gasteiger partial charge in [0.15, 0.2) is 0 Å². The molecule has 1 aromatic heterocycles. The van der Waals surface area contributed by atoms with Crippen molar-refractivity contribution in [2.75, 3.05) is 0 Å². The second-order valence-electron chi connectivity index (χ2n) is 8.05. The quantitative estimate of drug-likeness (QED) is 0.215. The Morgan fingerprint density at radius 1 is 0.906 bits per heavy atom. The van der Waals surface area contributed by atoms with E-state index in [1.807, 2.05) is 12.1 Å². The Morgan fingerprint density at radius 3 is 2.25 bits per heavy atom. The van der Waals surface area contributed by atoms with Gasteiger partial charge in [-0.15, -0.1) is 0 Å². The normalized spacial score (nSPS) is 12.3. The van der Waals surface area contributed by atoms with Crippen molar-refractivity contribution in [2.24, 2.45) is 0 Å². The van der Waals surface area contributed by atoms with Crippen LogP contribution < -0.4 is 5.32 Å². The van der Waals surface area contributed by atoms with Crippen LogP contribution in [0.3, 0.4) is 0 Å². The molecule has 0 aliphatic heterocycles. The lowest BCUT2D eigenvalue weighted by Crippen LogP contribution is -2.22. The first-order valence-electron chi connectivity index (χ1n) is 12.1. The number of unbranched alkanes of at least 4 members (excludes halogenated alkanes) is 4. The Labute approximate surface area is 193 Å². The minimum absolute atomic E-state index is 0.105. The molecule has 0 aliphatic rings. The van der Waals surface area contributed by atoms with E-state index in [9.17, 15) is 4.79 Å². The SMILES string of the molecule is CCCCC/C=C\C/C=C\C/C=C\C/C=C\CCCC(=O)NCc1ccc2[nH]ncc2c1. The number of hydrogen-bond donors (Lipinski definition) is 2. The summed E-state index contributed by atoms with van der Waals surface area (Å²) < 4.78 is 0. The highest BCUT2D eigenvalue weighted by Gasteiger charge is 2.02. The van der Waals surface area contributed by atoms with Gasteiger partial charge in [0.05, 0.1) is 11.7 Å². The molecule has 0 unspecified atom stereocenters. The highest BCUT2D eigenvalue weighted by molar-refractivity contribution is 5.79. The first kappa shape index (κ1) is 25.4. The molecule has 0 aliphatic carbocycles. The summed E-state index contributed by atoms with van der Waals surface area (Å²) in [5.41, 5.74) is 2.10. The number of allylic oxidation sites excluding steroid dienone is 8. The monoisotopic (exact) mass is 433 g/mol. The molecular formula is C28H39N3O. The van der Waals surface area contributed by atoms with Crippen LogP contribution in [0.4, 0.5) is 0 Å². The van der Waals surface area contributed by atoms with Crippen LogP contribution >= 0.6 is 0 Å². The molecule has 0 fully saturated rings. The average molecular weight is 434 g/mol. The molecule has 1 aromatic carbocycles. The van der Waals surface area contributed by atoms with Gasteiger partial charge in [-0.1, -0.05) is 74.4 Å². The van der Waals surface area contributed by atoms with Crippen LogP contribution in [0.2, 0.25) is 0 Å². The first-order valence-corrected chi connectivity index (χ1v) is 12.1. The lowest BCUT2D eigenvalue weighted by atomic mass is 10.1. The largest absolute Gasteiger partial charge is 0.352 e. The third-order valence-corrected chi connectivity index (χ3v) is 5.23. The van der Waals surface area contributed by atoms with Crippen LogP contribution in [0.5, 0.6) is 0 Å². The number of carbonyl (C=O) groups is 1. The number of aromatic nitrogens is 2. The van der Waals surface area contributed by atoms with Crippen molar-refractivity contribution in [3.8, 4) is 0 Å². The molecule has 0 bridgehead atoms. The predicted molar refractivity (Wildman–Crippen MR) is 136 cm³/mol. The van der Waals surface area contributed by atoms with Gasteiger partial charge >= 0.3 is 0 Å². The van der Waals surface area contributed by atoms with Crippen LogP contribution in [0.25, 0.3) is 10.9 Å². The molecule has 4 heteroatoms. The van der Waals surface area contributed by atoms with Gasteiger partial charge in [0, 0.05) is 18.4 Å². The van der Waals surface area contributed by atoms with Crippen LogP contribution in [0.15, 0.2) is 73.0 Å². The Hall–Kier alpha value is -2.88. The highest BCUT2D eigenvalue weighted by Crippen LogP contribution is 2.12. The fraction of sp³-hybridized carbons (Fsp3) is 0.429. The Bertz CT molecular complexity index is 889. The number of nitrogens with zero attached hydrogens (tertiary/aromatic N) is 1. The number of carbonyl (C=O) groups excluding carboxylic acids is 1. The van der Waals surface area contributed by atoms with Crippen molar-refractivity contribution in [3.05, 3.63) is 78.6 Å². The summed E-state index contributed by atoms with van der Waals surface area (Å²) in [6.45, 7) is 2.80. The fourth-order valence-corrected chi connectivity index (χ4v) is 3.33. The molecule has 0 radical (unpaired) electrons. The van der Waals surface area contributed by atoms with E-state index >= 15 is 0 Å². The van der Waals surface area contributed by atoms with Crippen LogP contribution in [0, 0.1) is 0 Å². The van der Waals surface area contributed by atoms with Gasteiger partial charge in [0.2, 0.25) is 5.91 Å². The minimum Gasteiger partial charge on any atom is -0.352 e. The summed E-state index contributed by atoms with van der Waals surface area (Å²) in [4.78, 5) is 12.0. The number of fused-ring (bicyclic) bond motifs is 1. The van der Waals surface area contributed by atoms with Gasteiger partial charge in [-0.2, -0.15) is 5.10 Å². The second-order valence-corrected chi connectivity index (χ2v) is 8.05. The van der Waals surface area contributed by atoms with Gasteiger partial charge in [0.1, 0.15) is 0 Å². The maximum absolute atomic E-state index is 12.0. The van der Waals surface area contributed by atoms with E-state index in [1.165, 1.54) is 25.7 Å². The molecule has 1 heterocycles. The molecule has 0 saturated carbocycles. The zero-order valence-electron chi connectivity index (χ0n) is 19.6. The molecule has 0 saturated heterocycles. The zero-order chi connectivity index (χ0) is 22.7. The molecule has 4 nitrogen and oxygen atoms in total. The molecule has 2 aromatic rings. The van der Waals surface area contributed by atoms with Crippen molar-refractivity contribution in [1.29, 1.82) is 0 Å². The van der Waals surface area contributed by atoms with E-state index in [0.717, 1.165) is 48.6 Å². The molecule has 2 rings (SSSR count). The van der Waals surface area contributed by atoms with Crippen molar-refractivity contribution < 1.29 is 4.79 Å². The van der Waals surface area contributed by atoms with Gasteiger partial charge in [0.25, 0.3) is 0 Å². The molecule has 2 N–H and O–H groups in total. The predicted octanol–water partition coefficient (Wildman–Crippen LogP) is 7.32. The molecule has 0 atom stereocenters. The van der Waals surface area contributed by atoms with Gasteiger partial charge in [-0.25, -0.2) is 0 Å². The Morgan fingerprint density at radius 2 is 1.56 bits per heavy atom. The van der Waals surface area contributed by atoms with E-state index in [4.69, 9.17) is 0 Å². The van der Waals surface area contributed by atoms with Crippen molar-refractivity contribution in [1.82, 2.24) is 15.5 Å². The summed E-state index contributed by atoms with van der Waals surface area (Å²) >= 11 is 0. The third-order valence-electron chi connectivity index (χ3n) is 5.23. The smallest absolute Gasteiger partial charge is 0.220 e. The van der Waals surface area contributed by atoms with Gasteiger partial charge < -0.3 is 5.32 Å². The van der Waals surface area contributed by atoms with E-state index in [2.05, 4.69) is 77.1 Å². The first-order chi connectivity index (χ1) is 15.8. The van der Waals surface area contributed by atoms with Gasteiger partial charge in [-0.05, 0) is 62.6 Å². The third kappa shape index (κ3) is 11.5. The molecule has 0 spiro atoms.